The fraction of sp³-hybridized carbons (Fsp3) is 0.211. The molecule has 0 fully saturated rings. The van der Waals surface area contributed by atoms with Crippen LogP contribution in [0, 0.1) is 0 Å². The molecular formula is C19H17N5O3S. The van der Waals surface area contributed by atoms with E-state index < -0.39 is 10.0 Å². The summed E-state index contributed by atoms with van der Waals surface area (Å²) in [4.78, 5) is 6.62. The molecule has 1 aliphatic rings. The minimum Gasteiger partial charge on any atom is -0.356 e. The average molecular weight is 395 g/mol. The highest BCUT2D eigenvalue weighted by Crippen LogP contribution is 2.30. The van der Waals surface area contributed by atoms with Crippen molar-refractivity contribution in [3.8, 4) is 0 Å². The number of pyridine rings is 1. The first-order chi connectivity index (χ1) is 13.5. The Hall–Kier alpha value is -3.04. The van der Waals surface area contributed by atoms with Crippen LogP contribution < -0.4 is 0 Å². The molecule has 1 aliphatic heterocycles. The standard InChI is InChI=1S/C19H17N5O3S/c1-23-9-6-13(7-10-23)18-16-3-2-8-20-19(16)24(22-18)28(25,26)15-4-5-17-14(11-15)12-21-27-17/h2-6,8,11-12H,7,9-10H2,1H3. The van der Waals surface area contributed by atoms with Gasteiger partial charge in [-0.3, -0.25) is 0 Å². The molecule has 4 aromatic rings. The lowest BCUT2D eigenvalue weighted by Crippen LogP contribution is -2.24. The molecule has 0 saturated heterocycles. The van der Waals surface area contributed by atoms with Gasteiger partial charge in [-0.05, 0) is 49.4 Å². The minimum absolute atomic E-state index is 0.113. The molecule has 0 saturated carbocycles. The molecule has 0 unspecified atom stereocenters. The Labute approximate surface area is 161 Å². The highest BCUT2D eigenvalue weighted by Gasteiger charge is 2.26. The zero-order valence-electron chi connectivity index (χ0n) is 15.1. The van der Waals surface area contributed by atoms with Gasteiger partial charge in [0.25, 0.3) is 10.0 Å². The van der Waals surface area contributed by atoms with Gasteiger partial charge in [0.05, 0.1) is 16.8 Å². The van der Waals surface area contributed by atoms with Gasteiger partial charge in [-0.2, -0.15) is 13.5 Å². The van der Waals surface area contributed by atoms with Gasteiger partial charge in [0, 0.05) is 30.1 Å². The highest BCUT2D eigenvalue weighted by molar-refractivity contribution is 7.90. The number of hydrogen-bond acceptors (Lipinski definition) is 7. The first kappa shape index (κ1) is 17.1. The van der Waals surface area contributed by atoms with E-state index in [1.165, 1.54) is 18.3 Å². The topological polar surface area (TPSA) is 94.1 Å². The number of benzene rings is 1. The predicted molar refractivity (Wildman–Crippen MR) is 104 cm³/mol. The fourth-order valence-corrected chi connectivity index (χ4v) is 4.71. The monoisotopic (exact) mass is 395 g/mol. The lowest BCUT2D eigenvalue weighted by molar-refractivity contribution is 0.370. The maximum absolute atomic E-state index is 13.3. The summed E-state index contributed by atoms with van der Waals surface area (Å²) in [6, 6.07) is 8.27. The Morgan fingerprint density at radius 3 is 2.93 bits per heavy atom. The van der Waals surface area contributed by atoms with E-state index in [1.54, 1.807) is 18.3 Å². The number of aromatic nitrogens is 4. The van der Waals surface area contributed by atoms with Gasteiger partial charge < -0.3 is 9.42 Å². The fourth-order valence-electron chi connectivity index (χ4n) is 3.43. The van der Waals surface area contributed by atoms with Gasteiger partial charge in [-0.25, -0.2) is 4.98 Å². The highest BCUT2D eigenvalue weighted by atomic mass is 32.2. The second-order valence-electron chi connectivity index (χ2n) is 6.84. The van der Waals surface area contributed by atoms with E-state index in [2.05, 4.69) is 33.3 Å². The normalized spacial score (nSPS) is 16.0. The van der Waals surface area contributed by atoms with Crippen LogP contribution in [0.15, 0.2) is 58.2 Å². The molecule has 4 heterocycles. The average Bonchev–Trinajstić information content (AvgIpc) is 3.33. The summed E-state index contributed by atoms with van der Waals surface area (Å²) in [5.74, 6) is 0. The van der Waals surface area contributed by atoms with Crippen molar-refractivity contribution in [2.75, 3.05) is 20.1 Å². The lowest BCUT2D eigenvalue weighted by Gasteiger charge is -2.21. The molecule has 5 rings (SSSR count). The molecule has 9 heteroatoms. The van der Waals surface area contributed by atoms with Crippen LogP contribution in [0.25, 0.3) is 27.6 Å². The SMILES string of the molecule is CN1CC=C(c2nn(S(=O)(=O)c3ccc4oncc4c3)c3ncccc23)CC1. The third kappa shape index (κ3) is 2.62. The van der Waals surface area contributed by atoms with E-state index in [0.717, 1.165) is 34.6 Å². The summed E-state index contributed by atoms with van der Waals surface area (Å²) in [5.41, 5.74) is 2.56. The van der Waals surface area contributed by atoms with Gasteiger partial charge >= 0.3 is 0 Å². The number of fused-ring (bicyclic) bond motifs is 2. The molecule has 1 aromatic carbocycles. The minimum atomic E-state index is -3.93. The van der Waals surface area contributed by atoms with E-state index in [9.17, 15) is 8.42 Å². The molecule has 142 valence electrons. The van der Waals surface area contributed by atoms with Crippen LogP contribution in [-0.2, 0) is 10.0 Å². The Kier molecular flexibility index (Phi) is 3.81. The third-order valence-electron chi connectivity index (χ3n) is 4.98. The summed E-state index contributed by atoms with van der Waals surface area (Å²) in [7, 11) is -1.88. The lowest BCUT2D eigenvalue weighted by atomic mass is 10.0. The summed E-state index contributed by atoms with van der Waals surface area (Å²) in [5, 5.41) is 9.54. The molecule has 0 radical (unpaired) electrons. The molecule has 8 nitrogen and oxygen atoms in total. The van der Waals surface area contributed by atoms with Crippen LogP contribution in [-0.4, -0.2) is 52.8 Å². The van der Waals surface area contributed by atoms with Crippen LogP contribution in [0.3, 0.4) is 0 Å². The summed E-state index contributed by atoms with van der Waals surface area (Å²) in [6.07, 6.45) is 5.97. The van der Waals surface area contributed by atoms with E-state index in [1.807, 2.05) is 6.07 Å². The molecule has 0 amide bonds. The van der Waals surface area contributed by atoms with Crippen molar-refractivity contribution in [1.82, 2.24) is 24.2 Å². The largest absolute Gasteiger partial charge is 0.356 e. The van der Waals surface area contributed by atoms with Crippen LogP contribution in [0.5, 0.6) is 0 Å². The summed E-state index contributed by atoms with van der Waals surface area (Å²) >= 11 is 0. The first-order valence-electron chi connectivity index (χ1n) is 8.86. The Morgan fingerprint density at radius 1 is 1.21 bits per heavy atom. The Bertz CT molecular complexity index is 1340. The van der Waals surface area contributed by atoms with Crippen LogP contribution in [0.4, 0.5) is 0 Å². The third-order valence-corrected chi connectivity index (χ3v) is 6.54. The quantitative estimate of drug-likeness (QED) is 0.526. The van der Waals surface area contributed by atoms with E-state index in [4.69, 9.17) is 4.52 Å². The van der Waals surface area contributed by atoms with E-state index in [-0.39, 0.29) is 4.90 Å². The summed E-state index contributed by atoms with van der Waals surface area (Å²) in [6.45, 7) is 1.71. The molecule has 0 spiro atoms. The van der Waals surface area contributed by atoms with Crippen LogP contribution >= 0.6 is 0 Å². The van der Waals surface area contributed by atoms with Crippen molar-refractivity contribution < 1.29 is 12.9 Å². The number of nitrogens with zero attached hydrogens (tertiary/aromatic N) is 5. The van der Waals surface area contributed by atoms with E-state index in [0.29, 0.717) is 22.3 Å². The molecule has 28 heavy (non-hydrogen) atoms. The van der Waals surface area contributed by atoms with Crippen molar-refractivity contribution in [2.24, 2.45) is 0 Å². The maximum Gasteiger partial charge on any atom is 0.284 e. The van der Waals surface area contributed by atoms with Gasteiger partial charge in [-0.15, -0.1) is 4.09 Å². The first-order valence-corrected chi connectivity index (χ1v) is 10.3. The molecule has 3 aromatic heterocycles. The van der Waals surface area contributed by atoms with Crippen LogP contribution in [0.2, 0.25) is 0 Å². The van der Waals surface area contributed by atoms with Gasteiger partial charge in [-0.1, -0.05) is 11.2 Å². The van der Waals surface area contributed by atoms with Crippen molar-refractivity contribution in [3.05, 3.63) is 54.5 Å². The maximum atomic E-state index is 13.3. The number of hydrogen-bond donors (Lipinski definition) is 0. The van der Waals surface area contributed by atoms with Crippen molar-refractivity contribution >= 4 is 37.6 Å². The van der Waals surface area contributed by atoms with Crippen LogP contribution in [0.1, 0.15) is 12.1 Å². The van der Waals surface area contributed by atoms with Crippen molar-refractivity contribution in [3.63, 3.8) is 0 Å². The van der Waals surface area contributed by atoms with Crippen molar-refractivity contribution in [2.45, 2.75) is 11.3 Å². The van der Waals surface area contributed by atoms with Gasteiger partial charge in [0.1, 0.15) is 0 Å². The number of rotatable bonds is 3. The van der Waals surface area contributed by atoms with Crippen molar-refractivity contribution in [1.29, 1.82) is 0 Å². The Balaban J connectivity index is 1.70. The van der Waals surface area contributed by atoms with Gasteiger partial charge in [0.15, 0.2) is 11.2 Å². The molecule has 0 bridgehead atoms. The number of likely N-dealkylation sites (N-methyl/N-ethyl adjacent to an activating group) is 1. The predicted octanol–water partition coefficient (Wildman–Crippen LogP) is 2.53. The Morgan fingerprint density at radius 2 is 2.11 bits per heavy atom. The smallest absolute Gasteiger partial charge is 0.284 e. The molecule has 0 aliphatic carbocycles. The zero-order valence-corrected chi connectivity index (χ0v) is 15.9. The molecule has 0 atom stereocenters. The molecule has 0 N–H and O–H groups in total. The molecular weight excluding hydrogens is 378 g/mol. The summed E-state index contributed by atoms with van der Waals surface area (Å²) < 4.78 is 32.8. The van der Waals surface area contributed by atoms with E-state index >= 15 is 0 Å². The second-order valence-corrected chi connectivity index (χ2v) is 8.61. The second kappa shape index (κ2) is 6.25. The van der Waals surface area contributed by atoms with Gasteiger partial charge in [0.2, 0.25) is 0 Å². The zero-order chi connectivity index (χ0) is 19.3.